The van der Waals surface area contributed by atoms with Crippen molar-refractivity contribution >= 4 is 82.0 Å². The normalized spacial score (nSPS) is 11.6. The molecular weight excluding hydrogens is 797 g/mol. The summed E-state index contributed by atoms with van der Waals surface area (Å²) >= 11 is 0. The monoisotopic (exact) mass is 838 g/mol. The molecule has 308 valence electrons. The summed E-state index contributed by atoms with van der Waals surface area (Å²) in [6, 6.07) is 93.5. The van der Waals surface area contributed by atoms with Gasteiger partial charge in [-0.2, -0.15) is 0 Å². The molecule has 1 aromatic heterocycles. The molecule has 0 saturated heterocycles. The van der Waals surface area contributed by atoms with Gasteiger partial charge in [0, 0.05) is 33.1 Å². The molecule has 2 heteroatoms. The molecule has 0 amide bonds. The Balaban J connectivity index is 1.01. The van der Waals surface area contributed by atoms with Crippen molar-refractivity contribution in [2.24, 2.45) is 0 Å². The summed E-state index contributed by atoms with van der Waals surface area (Å²) in [4.78, 5) is 2.48. The summed E-state index contributed by atoms with van der Waals surface area (Å²) < 4.78 is 2.43. The first-order chi connectivity index (χ1) is 32.7. The molecule has 66 heavy (non-hydrogen) atoms. The Morgan fingerprint density at radius 1 is 0.258 bits per heavy atom. The van der Waals surface area contributed by atoms with E-state index >= 15 is 0 Å². The Morgan fingerprint density at radius 3 is 1.71 bits per heavy atom. The third kappa shape index (κ3) is 6.26. The van der Waals surface area contributed by atoms with E-state index in [0.29, 0.717) is 0 Å². The summed E-state index contributed by atoms with van der Waals surface area (Å²) in [6.45, 7) is 0. The molecule has 13 aromatic rings. The van der Waals surface area contributed by atoms with E-state index in [-0.39, 0.29) is 0 Å². The highest BCUT2D eigenvalue weighted by molar-refractivity contribution is 6.14. The summed E-state index contributed by atoms with van der Waals surface area (Å²) in [5, 5.41) is 12.3. The second-order valence-corrected chi connectivity index (χ2v) is 17.3. The lowest BCUT2D eigenvalue weighted by atomic mass is 9.93. The van der Waals surface area contributed by atoms with Crippen LogP contribution in [0.25, 0.3) is 104 Å². The van der Waals surface area contributed by atoms with E-state index in [4.69, 9.17) is 0 Å². The molecular formula is C64H42N2. The van der Waals surface area contributed by atoms with Crippen LogP contribution in [-0.4, -0.2) is 4.57 Å². The molecule has 0 N–H and O–H groups in total. The number of hydrogen-bond acceptors (Lipinski definition) is 1. The highest BCUT2D eigenvalue weighted by atomic mass is 15.1. The lowest BCUT2D eigenvalue weighted by molar-refractivity contribution is 1.18. The number of aromatic nitrogens is 1. The van der Waals surface area contributed by atoms with Gasteiger partial charge in [0.1, 0.15) is 0 Å². The second kappa shape index (κ2) is 15.5. The standard InChI is InChI=1S/C64H42N2/c1-2-18-45-38-50(35-34-43(45)16-1)54-36-37-63(58-28-8-7-27-55(54)58)65(61-32-11-9-29-57(61)56-31-15-21-44-17-5-6-26-53(44)56)51-24-13-22-46(39-51)47-23-14-25-52(40-47)66-62-33-12-10-30-59(62)60-41-48-19-3-4-20-49(48)42-64(60)66/h1-42H. The fourth-order valence-electron chi connectivity index (χ4n) is 10.4. The van der Waals surface area contributed by atoms with Crippen molar-refractivity contribution in [2.75, 3.05) is 4.90 Å². The first kappa shape index (κ1) is 37.8. The maximum atomic E-state index is 2.48. The van der Waals surface area contributed by atoms with E-state index in [9.17, 15) is 0 Å². The van der Waals surface area contributed by atoms with Gasteiger partial charge in [-0.3, -0.25) is 0 Å². The minimum Gasteiger partial charge on any atom is -0.309 e. The molecule has 0 unspecified atom stereocenters. The predicted octanol–water partition coefficient (Wildman–Crippen LogP) is 17.9. The summed E-state index contributed by atoms with van der Waals surface area (Å²) in [7, 11) is 0. The number of nitrogens with zero attached hydrogens (tertiary/aromatic N) is 2. The van der Waals surface area contributed by atoms with Crippen LogP contribution in [0.2, 0.25) is 0 Å². The zero-order chi connectivity index (χ0) is 43.6. The topological polar surface area (TPSA) is 8.17 Å². The molecule has 0 saturated carbocycles. The van der Waals surface area contributed by atoms with E-state index in [1.54, 1.807) is 0 Å². The van der Waals surface area contributed by atoms with Crippen LogP contribution in [0.3, 0.4) is 0 Å². The smallest absolute Gasteiger partial charge is 0.0547 e. The minimum atomic E-state index is 1.08. The molecule has 0 aliphatic carbocycles. The predicted molar refractivity (Wildman–Crippen MR) is 282 cm³/mol. The number of anilines is 3. The maximum Gasteiger partial charge on any atom is 0.0547 e. The van der Waals surface area contributed by atoms with E-state index in [0.717, 1.165) is 33.9 Å². The zero-order valence-electron chi connectivity index (χ0n) is 36.1. The number of hydrogen-bond donors (Lipinski definition) is 0. The van der Waals surface area contributed by atoms with Gasteiger partial charge in [0.25, 0.3) is 0 Å². The maximum absolute atomic E-state index is 2.48. The molecule has 0 spiro atoms. The van der Waals surface area contributed by atoms with Gasteiger partial charge in [-0.15, -0.1) is 0 Å². The van der Waals surface area contributed by atoms with Gasteiger partial charge in [-0.1, -0.05) is 194 Å². The van der Waals surface area contributed by atoms with Crippen LogP contribution in [0.15, 0.2) is 255 Å². The molecule has 0 fully saturated rings. The lowest BCUT2D eigenvalue weighted by Crippen LogP contribution is -2.12. The van der Waals surface area contributed by atoms with Gasteiger partial charge in [-0.25, -0.2) is 0 Å². The fourth-order valence-corrected chi connectivity index (χ4v) is 10.4. The van der Waals surface area contributed by atoms with Gasteiger partial charge in [0.15, 0.2) is 0 Å². The van der Waals surface area contributed by atoms with Gasteiger partial charge >= 0.3 is 0 Å². The Morgan fingerprint density at radius 2 is 0.864 bits per heavy atom. The SMILES string of the molecule is c1cc(-c2cccc(-n3c4ccccc4c4cc5ccccc5cc43)c2)cc(N(c2ccccc2-c2cccc3ccccc23)c2ccc(-c3ccc4ccccc4c3)c3ccccc23)c1. The lowest BCUT2D eigenvalue weighted by Gasteiger charge is -2.30. The van der Waals surface area contributed by atoms with Crippen molar-refractivity contribution < 1.29 is 0 Å². The molecule has 0 bridgehead atoms. The van der Waals surface area contributed by atoms with Gasteiger partial charge in [0.2, 0.25) is 0 Å². The summed E-state index contributed by atoms with van der Waals surface area (Å²) in [5.41, 5.74) is 13.9. The first-order valence-corrected chi connectivity index (χ1v) is 22.7. The molecule has 0 aliphatic rings. The van der Waals surface area contributed by atoms with E-state index in [1.807, 2.05) is 0 Å². The molecule has 0 atom stereocenters. The number of benzene rings is 12. The zero-order valence-corrected chi connectivity index (χ0v) is 36.1. The van der Waals surface area contributed by atoms with E-state index in [1.165, 1.54) is 87.1 Å². The second-order valence-electron chi connectivity index (χ2n) is 17.3. The quantitative estimate of drug-likeness (QED) is 0.155. The van der Waals surface area contributed by atoms with Crippen molar-refractivity contribution in [1.29, 1.82) is 0 Å². The van der Waals surface area contributed by atoms with Crippen LogP contribution in [-0.2, 0) is 0 Å². The van der Waals surface area contributed by atoms with Gasteiger partial charge in [0.05, 0.1) is 22.4 Å². The van der Waals surface area contributed by atoms with Crippen molar-refractivity contribution in [3.8, 4) is 39.1 Å². The van der Waals surface area contributed by atoms with Crippen molar-refractivity contribution in [2.45, 2.75) is 0 Å². The summed E-state index contributed by atoms with van der Waals surface area (Å²) in [5.74, 6) is 0. The highest BCUT2D eigenvalue weighted by Gasteiger charge is 2.22. The summed E-state index contributed by atoms with van der Waals surface area (Å²) in [6.07, 6.45) is 0. The number of fused-ring (bicyclic) bond motifs is 7. The van der Waals surface area contributed by atoms with Crippen LogP contribution in [0.4, 0.5) is 17.1 Å². The first-order valence-electron chi connectivity index (χ1n) is 22.7. The number of rotatable bonds is 7. The Kier molecular flexibility index (Phi) is 8.89. The fraction of sp³-hybridized carbons (Fsp3) is 0. The third-order valence-corrected chi connectivity index (χ3v) is 13.5. The van der Waals surface area contributed by atoms with Crippen LogP contribution in [0.5, 0.6) is 0 Å². The van der Waals surface area contributed by atoms with E-state index < -0.39 is 0 Å². The highest BCUT2D eigenvalue weighted by Crippen LogP contribution is 2.47. The number of para-hydroxylation sites is 2. The average Bonchev–Trinajstić information content (AvgIpc) is 3.71. The minimum absolute atomic E-state index is 1.08. The average molecular weight is 839 g/mol. The largest absolute Gasteiger partial charge is 0.309 e. The molecule has 0 aliphatic heterocycles. The Bertz CT molecular complexity index is 4020. The van der Waals surface area contributed by atoms with Crippen LogP contribution in [0.1, 0.15) is 0 Å². The van der Waals surface area contributed by atoms with Crippen LogP contribution in [0, 0.1) is 0 Å². The Hall–Kier alpha value is -8.72. The molecule has 13 rings (SSSR count). The third-order valence-electron chi connectivity index (χ3n) is 13.5. The van der Waals surface area contributed by atoms with Crippen molar-refractivity contribution in [3.63, 3.8) is 0 Å². The van der Waals surface area contributed by atoms with Gasteiger partial charge in [-0.05, 0) is 126 Å². The molecule has 1 heterocycles. The van der Waals surface area contributed by atoms with Crippen LogP contribution < -0.4 is 4.90 Å². The van der Waals surface area contributed by atoms with Gasteiger partial charge < -0.3 is 9.47 Å². The van der Waals surface area contributed by atoms with Crippen molar-refractivity contribution in [3.05, 3.63) is 255 Å². The molecule has 2 nitrogen and oxygen atoms in total. The molecule has 12 aromatic carbocycles. The van der Waals surface area contributed by atoms with Crippen molar-refractivity contribution in [1.82, 2.24) is 4.57 Å². The van der Waals surface area contributed by atoms with Crippen LogP contribution >= 0.6 is 0 Å². The molecule has 0 radical (unpaired) electrons. The van der Waals surface area contributed by atoms with E-state index in [2.05, 4.69) is 264 Å². The Labute approximate surface area is 383 Å².